The lowest BCUT2D eigenvalue weighted by atomic mass is 10.0. The van der Waals surface area contributed by atoms with Crippen LogP contribution in [0.3, 0.4) is 0 Å². The average molecular weight is 447 g/mol. The summed E-state index contributed by atoms with van der Waals surface area (Å²) in [7, 11) is 2.10. The molecule has 1 fully saturated rings. The van der Waals surface area contributed by atoms with E-state index in [9.17, 15) is 4.79 Å². The minimum absolute atomic E-state index is 0.155. The van der Waals surface area contributed by atoms with Crippen LogP contribution in [0.1, 0.15) is 5.69 Å². The first-order chi connectivity index (χ1) is 15.5. The van der Waals surface area contributed by atoms with Gasteiger partial charge >= 0.3 is 0 Å². The third kappa shape index (κ3) is 3.97. The largest absolute Gasteiger partial charge is 0.355 e. The van der Waals surface area contributed by atoms with Crippen molar-refractivity contribution in [2.75, 3.05) is 38.1 Å². The van der Waals surface area contributed by atoms with E-state index in [4.69, 9.17) is 21.6 Å². The maximum atomic E-state index is 13.1. The van der Waals surface area contributed by atoms with Gasteiger partial charge in [0.25, 0.3) is 0 Å². The Labute approximate surface area is 190 Å². The Morgan fingerprint density at radius 3 is 2.34 bits per heavy atom. The highest BCUT2D eigenvalue weighted by molar-refractivity contribution is 6.29. The Morgan fingerprint density at radius 2 is 1.62 bits per heavy atom. The summed E-state index contributed by atoms with van der Waals surface area (Å²) in [5, 5.41) is 0.375. The second-order valence-corrected chi connectivity index (χ2v) is 8.50. The zero-order valence-corrected chi connectivity index (χ0v) is 18.7. The van der Waals surface area contributed by atoms with E-state index in [1.165, 1.54) is 0 Å². The number of aryl methyl sites for hydroxylation is 1. The van der Waals surface area contributed by atoms with Gasteiger partial charge in [0.2, 0.25) is 5.43 Å². The number of fused-ring (bicyclic) bond motifs is 1. The Balaban J connectivity index is 1.72. The van der Waals surface area contributed by atoms with E-state index in [-0.39, 0.29) is 5.43 Å². The number of hydrogen-bond donors (Lipinski definition) is 1. The number of halogens is 1. The van der Waals surface area contributed by atoms with Crippen LogP contribution in [0.4, 0.5) is 5.82 Å². The molecule has 0 atom stereocenters. The average Bonchev–Trinajstić information content (AvgIpc) is 2.78. The minimum atomic E-state index is -0.155. The van der Waals surface area contributed by atoms with Crippen LogP contribution in [0.2, 0.25) is 5.15 Å². The quantitative estimate of drug-likeness (QED) is 0.483. The molecule has 0 amide bonds. The van der Waals surface area contributed by atoms with Crippen molar-refractivity contribution >= 4 is 28.6 Å². The second-order valence-electron chi connectivity index (χ2n) is 8.11. The lowest BCUT2D eigenvalue weighted by molar-refractivity contribution is 0.312. The van der Waals surface area contributed by atoms with Crippen molar-refractivity contribution in [1.82, 2.24) is 24.8 Å². The molecule has 162 valence electrons. The SMILES string of the molecule is Cc1cc(-c2nc3c(=O)cc(N4CCN(C)CC4)[nH]c3nc2-c2ccccc2)cc(Cl)n1. The molecule has 0 saturated carbocycles. The number of hydrogen-bond acceptors (Lipinski definition) is 6. The maximum absolute atomic E-state index is 13.1. The summed E-state index contributed by atoms with van der Waals surface area (Å²) in [6, 6.07) is 15.1. The number of aromatic nitrogens is 4. The van der Waals surface area contributed by atoms with Gasteiger partial charge in [-0.1, -0.05) is 41.9 Å². The number of rotatable bonds is 3. The Bertz CT molecular complexity index is 1330. The van der Waals surface area contributed by atoms with Crippen LogP contribution >= 0.6 is 11.6 Å². The van der Waals surface area contributed by atoms with Crippen molar-refractivity contribution < 1.29 is 0 Å². The van der Waals surface area contributed by atoms with Crippen LogP contribution in [0.15, 0.2) is 53.3 Å². The Hall–Kier alpha value is -3.29. The number of nitrogens with zero attached hydrogens (tertiary/aromatic N) is 5. The van der Waals surface area contributed by atoms with Crippen LogP contribution in [-0.2, 0) is 0 Å². The van der Waals surface area contributed by atoms with Crippen LogP contribution in [-0.4, -0.2) is 58.1 Å². The van der Waals surface area contributed by atoms with E-state index < -0.39 is 0 Å². The summed E-state index contributed by atoms with van der Waals surface area (Å²) in [6.45, 7) is 5.47. The van der Waals surface area contributed by atoms with E-state index in [0.717, 1.165) is 48.8 Å². The first kappa shape index (κ1) is 20.6. The molecule has 0 bridgehead atoms. The number of likely N-dealkylation sites (N-methyl/N-ethyl adjacent to an activating group) is 1. The summed E-state index contributed by atoms with van der Waals surface area (Å²) < 4.78 is 0. The van der Waals surface area contributed by atoms with Gasteiger partial charge < -0.3 is 14.8 Å². The van der Waals surface area contributed by atoms with E-state index in [1.54, 1.807) is 12.1 Å². The van der Waals surface area contributed by atoms with Gasteiger partial charge in [-0.2, -0.15) is 0 Å². The van der Waals surface area contributed by atoms with Crippen LogP contribution in [0.25, 0.3) is 33.7 Å². The van der Waals surface area contributed by atoms with Crippen LogP contribution in [0, 0.1) is 6.92 Å². The molecule has 4 heterocycles. The Morgan fingerprint density at radius 1 is 0.906 bits per heavy atom. The predicted octanol–water partition coefficient (Wildman–Crippen LogP) is 3.76. The number of aromatic amines is 1. The fourth-order valence-corrected chi connectivity index (χ4v) is 4.28. The zero-order valence-electron chi connectivity index (χ0n) is 18.0. The lowest BCUT2D eigenvalue weighted by Gasteiger charge is -2.33. The standard InChI is InChI=1S/C24H23ClN6O/c1-15-12-17(13-19(25)26-15)22-21(16-6-4-3-5-7-16)29-24-23(28-22)18(32)14-20(27-24)31-10-8-30(2)9-11-31/h3-7,12-14H,8-11H2,1-2H3,(H,27,29,32). The first-order valence-corrected chi connectivity index (χ1v) is 10.9. The van der Waals surface area contributed by atoms with Crippen molar-refractivity contribution in [3.63, 3.8) is 0 Å². The molecular formula is C24H23ClN6O. The third-order valence-electron chi connectivity index (χ3n) is 5.73. The van der Waals surface area contributed by atoms with Crippen molar-refractivity contribution in [2.24, 2.45) is 0 Å². The molecule has 0 aliphatic carbocycles. The van der Waals surface area contributed by atoms with Crippen molar-refractivity contribution in [2.45, 2.75) is 6.92 Å². The predicted molar refractivity (Wildman–Crippen MR) is 128 cm³/mol. The smallest absolute Gasteiger partial charge is 0.211 e. The molecule has 0 spiro atoms. The number of nitrogens with one attached hydrogen (secondary N) is 1. The number of H-pyrrole nitrogens is 1. The van der Waals surface area contributed by atoms with Gasteiger partial charge in [-0.25, -0.2) is 15.0 Å². The molecule has 5 rings (SSSR count). The second kappa shape index (κ2) is 8.33. The molecule has 4 aromatic rings. The minimum Gasteiger partial charge on any atom is -0.355 e. The molecule has 0 radical (unpaired) electrons. The van der Waals surface area contributed by atoms with Gasteiger partial charge in [0.1, 0.15) is 11.0 Å². The zero-order chi connectivity index (χ0) is 22.2. The monoisotopic (exact) mass is 446 g/mol. The normalized spacial score (nSPS) is 14.8. The molecule has 7 nitrogen and oxygen atoms in total. The van der Waals surface area contributed by atoms with Gasteiger partial charge in [-0.05, 0) is 26.1 Å². The topological polar surface area (TPSA) is 78.0 Å². The summed E-state index contributed by atoms with van der Waals surface area (Å²) in [5.74, 6) is 0.777. The molecule has 1 aliphatic heterocycles. The Kier molecular flexibility index (Phi) is 5.36. The van der Waals surface area contributed by atoms with Crippen LogP contribution < -0.4 is 10.3 Å². The number of pyridine rings is 2. The maximum Gasteiger partial charge on any atom is 0.211 e. The summed E-state index contributed by atoms with van der Waals surface area (Å²) >= 11 is 6.23. The lowest BCUT2D eigenvalue weighted by Crippen LogP contribution is -2.45. The molecule has 0 unspecified atom stereocenters. The molecule has 1 N–H and O–H groups in total. The van der Waals surface area contributed by atoms with E-state index in [2.05, 4.69) is 26.8 Å². The van der Waals surface area contributed by atoms with E-state index in [0.29, 0.717) is 27.7 Å². The summed E-state index contributed by atoms with van der Waals surface area (Å²) in [5.41, 5.74) is 4.38. The molecule has 32 heavy (non-hydrogen) atoms. The van der Waals surface area contributed by atoms with E-state index in [1.807, 2.05) is 43.3 Å². The molecule has 8 heteroatoms. The molecule has 3 aromatic heterocycles. The van der Waals surface area contributed by atoms with Crippen molar-refractivity contribution in [3.8, 4) is 22.5 Å². The van der Waals surface area contributed by atoms with E-state index >= 15 is 0 Å². The molecule has 1 aliphatic rings. The van der Waals surface area contributed by atoms with Crippen molar-refractivity contribution in [1.29, 1.82) is 0 Å². The fourth-order valence-electron chi connectivity index (χ4n) is 4.03. The first-order valence-electron chi connectivity index (χ1n) is 10.6. The third-order valence-corrected chi connectivity index (χ3v) is 5.92. The van der Waals surface area contributed by atoms with Gasteiger partial charge in [0, 0.05) is 49.1 Å². The highest BCUT2D eigenvalue weighted by Gasteiger charge is 2.19. The molecule has 1 saturated heterocycles. The van der Waals surface area contributed by atoms with Gasteiger partial charge in [-0.15, -0.1) is 0 Å². The van der Waals surface area contributed by atoms with Crippen molar-refractivity contribution in [3.05, 3.63) is 69.6 Å². The summed E-state index contributed by atoms with van der Waals surface area (Å²) in [4.78, 5) is 34.8. The highest BCUT2D eigenvalue weighted by atomic mass is 35.5. The molecular weight excluding hydrogens is 424 g/mol. The fraction of sp³-hybridized carbons (Fsp3) is 0.250. The summed E-state index contributed by atoms with van der Waals surface area (Å²) in [6.07, 6.45) is 0. The number of anilines is 1. The van der Waals surface area contributed by atoms with Gasteiger partial charge in [-0.3, -0.25) is 4.79 Å². The van der Waals surface area contributed by atoms with Gasteiger partial charge in [0.15, 0.2) is 11.2 Å². The molecule has 1 aromatic carbocycles. The number of benzene rings is 1. The van der Waals surface area contributed by atoms with Gasteiger partial charge in [0.05, 0.1) is 11.4 Å². The highest BCUT2D eigenvalue weighted by Crippen LogP contribution is 2.31. The number of piperazine rings is 1. The van der Waals surface area contributed by atoms with Crippen LogP contribution in [0.5, 0.6) is 0 Å².